The fourth-order valence-corrected chi connectivity index (χ4v) is 4.34. The van der Waals surface area contributed by atoms with Gasteiger partial charge in [-0.2, -0.15) is 0 Å². The first kappa shape index (κ1) is 14.4. The molecule has 0 radical (unpaired) electrons. The van der Waals surface area contributed by atoms with Crippen molar-refractivity contribution in [1.82, 2.24) is 0 Å². The first-order valence-corrected chi connectivity index (χ1v) is 8.44. The first-order valence-electron chi connectivity index (χ1n) is 8.44. The molecular weight excluding hydrogens is 288 g/mol. The highest BCUT2D eigenvalue weighted by Crippen LogP contribution is 2.56. The van der Waals surface area contributed by atoms with Crippen molar-refractivity contribution in [2.45, 2.75) is 38.2 Å². The van der Waals surface area contributed by atoms with Gasteiger partial charge in [0.25, 0.3) is 0 Å². The van der Waals surface area contributed by atoms with E-state index in [9.17, 15) is 10.2 Å². The van der Waals surface area contributed by atoms with Gasteiger partial charge in [0, 0.05) is 11.5 Å². The Kier molecular flexibility index (Phi) is 3.44. The van der Waals surface area contributed by atoms with E-state index < -0.39 is 0 Å². The number of ether oxygens (including phenoxy) is 1. The molecule has 2 aromatic carbocycles. The summed E-state index contributed by atoms with van der Waals surface area (Å²) >= 11 is 0. The molecule has 0 bridgehead atoms. The van der Waals surface area contributed by atoms with Crippen molar-refractivity contribution in [2.75, 3.05) is 0 Å². The Morgan fingerprint density at radius 3 is 2.48 bits per heavy atom. The van der Waals surface area contributed by atoms with Crippen LogP contribution in [0.15, 0.2) is 42.5 Å². The van der Waals surface area contributed by atoms with Crippen LogP contribution in [0.5, 0.6) is 17.2 Å². The number of fused-ring (bicyclic) bond motifs is 3. The van der Waals surface area contributed by atoms with Crippen LogP contribution in [0.1, 0.15) is 49.3 Å². The summed E-state index contributed by atoms with van der Waals surface area (Å²) in [7, 11) is 0. The van der Waals surface area contributed by atoms with Crippen LogP contribution in [0.25, 0.3) is 0 Å². The topological polar surface area (TPSA) is 49.7 Å². The summed E-state index contributed by atoms with van der Waals surface area (Å²) in [6.07, 6.45) is 3.52. The summed E-state index contributed by atoms with van der Waals surface area (Å²) in [4.78, 5) is 0. The van der Waals surface area contributed by atoms with Gasteiger partial charge in [-0.3, -0.25) is 0 Å². The largest absolute Gasteiger partial charge is 0.508 e. The highest BCUT2D eigenvalue weighted by Gasteiger charge is 2.45. The van der Waals surface area contributed by atoms with Gasteiger partial charge in [0.15, 0.2) is 0 Å². The molecule has 1 aliphatic heterocycles. The van der Waals surface area contributed by atoms with Crippen molar-refractivity contribution in [2.24, 2.45) is 11.8 Å². The van der Waals surface area contributed by atoms with Gasteiger partial charge < -0.3 is 14.9 Å². The molecule has 4 atom stereocenters. The Morgan fingerprint density at radius 2 is 1.74 bits per heavy atom. The minimum atomic E-state index is 0.0224. The maximum absolute atomic E-state index is 9.86. The first-order chi connectivity index (χ1) is 11.2. The van der Waals surface area contributed by atoms with Gasteiger partial charge in [-0.1, -0.05) is 25.5 Å². The molecule has 2 aromatic rings. The summed E-state index contributed by atoms with van der Waals surface area (Å²) in [5, 5.41) is 19.4. The molecule has 0 unspecified atom stereocenters. The van der Waals surface area contributed by atoms with E-state index >= 15 is 0 Å². The molecule has 1 saturated carbocycles. The van der Waals surface area contributed by atoms with Gasteiger partial charge in [0.1, 0.15) is 23.4 Å². The number of rotatable bonds is 2. The smallest absolute Gasteiger partial charge is 0.127 e. The third kappa shape index (κ3) is 2.44. The molecule has 4 rings (SSSR count). The number of benzene rings is 2. The molecule has 0 aromatic heterocycles. The van der Waals surface area contributed by atoms with Crippen LogP contribution in [-0.2, 0) is 0 Å². The molecule has 3 heteroatoms. The zero-order valence-electron chi connectivity index (χ0n) is 13.3. The van der Waals surface area contributed by atoms with Crippen molar-refractivity contribution in [3.05, 3.63) is 53.6 Å². The quantitative estimate of drug-likeness (QED) is 0.841. The van der Waals surface area contributed by atoms with E-state index in [0.29, 0.717) is 23.5 Å². The molecule has 120 valence electrons. The highest BCUT2D eigenvalue weighted by atomic mass is 16.5. The van der Waals surface area contributed by atoms with E-state index in [-0.39, 0.29) is 11.9 Å². The lowest BCUT2D eigenvalue weighted by molar-refractivity contribution is 0.103. The van der Waals surface area contributed by atoms with Crippen LogP contribution in [0, 0.1) is 11.8 Å². The highest BCUT2D eigenvalue weighted by molar-refractivity contribution is 5.46. The average Bonchev–Trinajstić information content (AvgIpc) is 3.00. The fourth-order valence-electron chi connectivity index (χ4n) is 4.34. The van der Waals surface area contributed by atoms with Gasteiger partial charge in [-0.15, -0.1) is 0 Å². The van der Waals surface area contributed by atoms with Gasteiger partial charge >= 0.3 is 0 Å². The second kappa shape index (κ2) is 5.48. The van der Waals surface area contributed by atoms with Crippen LogP contribution in [0.2, 0.25) is 0 Å². The molecule has 23 heavy (non-hydrogen) atoms. The Labute approximate surface area is 136 Å². The Balaban J connectivity index is 1.76. The van der Waals surface area contributed by atoms with E-state index in [0.717, 1.165) is 29.7 Å². The van der Waals surface area contributed by atoms with E-state index in [1.165, 1.54) is 6.42 Å². The number of phenolic OH excluding ortho intramolecular Hbond substituents is 2. The fraction of sp³-hybridized carbons (Fsp3) is 0.400. The van der Waals surface area contributed by atoms with E-state index in [4.69, 9.17) is 4.74 Å². The lowest BCUT2D eigenvalue weighted by Gasteiger charge is -2.36. The maximum Gasteiger partial charge on any atom is 0.127 e. The second-order valence-electron chi connectivity index (χ2n) is 6.87. The van der Waals surface area contributed by atoms with Crippen molar-refractivity contribution in [3.63, 3.8) is 0 Å². The zero-order valence-corrected chi connectivity index (χ0v) is 13.3. The molecule has 1 fully saturated rings. The number of phenols is 2. The van der Waals surface area contributed by atoms with Crippen LogP contribution < -0.4 is 4.74 Å². The molecule has 3 nitrogen and oxygen atoms in total. The lowest BCUT2D eigenvalue weighted by Crippen LogP contribution is -2.26. The Hall–Kier alpha value is -2.16. The minimum Gasteiger partial charge on any atom is -0.508 e. The van der Waals surface area contributed by atoms with Crippen molar-refractivity contribution in [1.29, 1.82) is 0 Å². The predicted octanol–water partition coefficient (Wildman–Crippen LogP) is 4.75. The summed E-state index contributed by atoms with van der Waals surface area (Å²) in [6.45, 7) is 2.25. The predicted molar refractivity (Wildman–Crippen MR) is 88.8 cm³/mol. The van der Waals surface area contributed by atoms with Gasteiger partial charge in [0.05, 0.1) is 0 Å². The zero-order chi connectivity index (χ0) is 16.0. The molecule has 0 amide bonds. The molecule has 2 aliphatic rings. The van der Waals surface area contributed by atoms with Gasteiger partial charge in [-0.25, -0.2) is 0 Å². The average molecular weight is 310 g/mol. The molecule has 0 spiro atoms. The lowest BCUT2D eigenvalue weighted by atomic mass is 9.80. The Morgan fingerprint density at radius 1 is 1.00 bits per heavy atom. The van der Waals surface area contributed by atoms with Crippen molar-refractivity contribution < 1.29 is 14.9 Å². The second-order valence-corrected chi connectivity index (χ2v) is 6.87. The normalized spacial score (nSPS) is 28.7. The van der Waals surface area contributed by atoms with E-state index in [1.54, 1.807) is 18.2 Å². The molecule has 1 heterocycles. The third-order valence-corrected chi connectivity index (χ3v) is 5.54. The SMILES string of the molecule is CC[C@H]1C[C@H]2[C@@H](C1)c1cc(O)ccc1O[C@H]2c1ccc(O)cc1. The molecule has 0 saturated heterocycles. The van der Waals surface area contributed by atoms with E-state index in [2.05, 4.69) is 6.92 Å². The van der Waals surface area contributed by atoms with E-state index in [1.807, 2.05) is 24.3 Å². The third-order valence-electron chi connectivity index (χ3n) is 5.54. The van der Waals surface area contributed by atoms with Crippen LogP contribution in [-0.4, -0.2) is 10.2 Å². The molecular formula is C20H22O3. The van der Waals surface area contributed by atoms with Crippen LogP contribution >= 0.6 is 0 Å². The van der Waals surface area contributed by atoms with Crippen molar-refractivity contribution in [3.8, 4) is 17.2 Å². The van der Waals surface area contributed by atoms with Gasteiger partial charge in [-0.05, 0) is 60.6 Å². The van der Waals surface area contributed by atoms with Crippen molar-refractivity contribution >= 4 is 0 Å². The van der Waals surface area contributed by atoms with Crippen LogP contribution in [0.3, 0.4) is 0 Å². The summed E-state index contributed by atoms with van der Waals surface area (Å²) in [6, 6.07) is 12.8. The molecule has 2 N–H and O–H groups in total. The summed E-state index contributed by atoms with van der Waals surface area (Å²) in [5.74, 6) is 3.06. The number of hydrogen-bond donors (Lipinski definition) is 2. The maximum atomic E-state index is 9.86. The standard InChI is InChI=1S/C20H22O3/c1-2-12-9-16-17-11-15(22)7-8-19(17)23-20(18(16)10-12)13-3-5-14(21)6-4-13/h3-8,11-12,16,18,20-22H,2,9-10H2,1H3/t12-,16+,18+,20+/m1/s1. The number of aromatic hydroxyl groups is 2. The Bertz CT molecular complexity index is 707. The monoisotopic (exact) mass is 310 g/mol. The van der Waals surface area contributed by atoms with Gasteiger partial charge in [0.2, 0.25) is 0 Å². The minimum absolute atomic E-state index is 0.0224. The molecule has 1 aliphatic carbocycles. The summed E-state index contributed by atoms with van der Waals surface area (Å²) in [5.41, 5.74) is 2.27. The number of hydrogen-bond acceptors (Lipinski definition) is 3. The van der Waals surface area contributed by atoms with Crippen LogP contribution in [0.4, 0.5) is 0 Å². The summed E-state index contributed by atoms with van der Waals surface area (Å²) < 4.78 is 6.33.